The van der Waals surface area contributed by atoms with Gasteiger partial charge in [-0.15, -0.1) is 0 Å². The lowest BCUT2D eigenvalue weighted by Gasteiger charge is -2.17. The fourth-order valence-electron chi connectivity index (χ4n) is 2.34. The number of rotatable bonds is 4. The van der Waals surface area contributed by atoms with Gasteiger partial charge < -0.3 is 5.11 Å². The maximum atomic E-state index is 13.5. The monoisotopic (exact) mass is 305 g/mol. The molecular formula is C12H13F2NO4S. The van der Waals surface area contributed by atoms with E-state index >= 15 is 0 Å². The second-order valence-electron chi connectivity index (χ2n) is 4.68. The van der Waals surface area contributed by atoms with Crippen molar-refractivity contribution in [1.29, 1.82) is 0 Å². The van der Waals surface area contributed by atoms with Crippen LogP contribution in [0.1, 0.15) is 19.3 Å². The number of carbonyl (C=O) groups is 1. The van der Waals surface area contributed by atoms with Crippen molar-refractivity contribution >= 4 is 16.0 Å². The number of carboxylic acids is 1. The summed E-state index contributed by atoms with van der Waals surface area (Å²) in [4.78, 5) is 10.2. The molecule has 1 saturated carbocycles. The number of hydrogen-bond donors (Lipinski definition) is 2. The van der Waals surface area contributed by atoms with Crippen molar-refractivity contribution in [3.8, 4) is 0 Å². The zero-order chi connectivity index (χ0) is 14.9. The molecule has 1 aromatic rings. The molecule has 2 atom stereocenters. The summed E-state index contributed by atoms with van der Waals surface area (Å²) in [6.07, 6.45) is 1.27. The minimum absolute atomic E-state index is 0.354. The van der Waals surface area contributed by atoms with Crippen molar-refractivity contribution in [1.82, 2.24) is 4.72 Å². The van der Waals surface area contributed by atoms with Gasteiger partial charge in [-0.25, -0.2) is 21.9 Å². The van der Waals surface area contributed by atoms with E-state index in [9.17, 15) is 22.0 Å². The molecule has 2 unspecified atom stereocenters. The summed E-state index contributed by atoms with van der Waals surface area (Å²) >= 11 is 0. The third kappa shape index (κ3) is 2.96. The number of hydrogen-bond acceptors (Lipinski definition) is 3. The van der Waals surface area contributed by atoms with Crippen molar-refractivity contribution in [2.45, 2.75) is 30.2 Å². The smallest absolute Gasteiger partial charge is 0.308 e. The Labute approximate surface area is 114 Å². The lowest BCUT2D eigenvalue weighted by molar-refractivity contribution is -0.141. The van der Waals surface area contributed by atoms with Crippen LogP contribution in [0.25, 0.3) is 0 Å². The summed E-state index contributed by atoms with van der Waals surface area (Å²) in [6.45, 7) is 0. The second kappa shape index (κ2) is 5.45. The van der Waals surface area contributed by atoms with Gasteiger partial charge in [0.05, 0.1) is 5.92 Å². The van der Waals surface area contributed by atoms with Crippen LogP contribution in [0.3, 0.4) is 0 Å². The Morgan fingerprint density at radius 3 is 2.65 bits per heavy atom. The van der Waals surface area contributed by atoms with Gasteiger partial charge in [-0.3, -0.25) is 4.79 Å². The summed E-state index contributed by atoms with van der Waals surface area (Å²) in [5, 5.41) is 8.98. The van der Waals surface area contributed by atoms with Crippen LogP contribution in [-0.2, 0) is 14.8 Å². The van der Waals surface area contributed by atoms with E-state index < -0.39 is 44.5 Å². The van der Waals surface area contributed by atoms with E-state index in [0.29, 0.717) is 31.4 Å². The van der Waals surface area contributed by atoms with Gasteiger partial charge in [0.1, 0.15) is 16.5 Å². The van der Waals surface area contributed by atoms with Crippen LogP contribution in [0.5, 0.6) is 0 Å². The Morgan fingerprint density at radius 2 is 2.00 bits per heavy atom. The standard InChI is InChI=1S/C12H13F2NO4S/c13-7-4-5-9(14)11(6-7)20(18,19)15-10-3-1-2-8(10)12(16)17/h4-6,8,10,15H,1-3H2,(H,16,17). The molecule has 2 rings (SSSR count). The average Bonchev–Trinajstić information content (AvgIpc) is 2.79. The van der Waals surface area contributed by atoms with E-state index in [1.807, 2.05) is 0 Å². The molecule has 2 N–H and O–H groups in total. The van der Waals surface area contributed by atoms with Crippen LogP contribution < -0.4 is 4.72 Å². The maximum absolute atomic E-state index is 13.5. The third-order valence-corrected chi connectivity index (χ3v) is 4.83. The quantitative estimate of drug-likeness (QED) is 0.883. The summed E-state index contributed by atoms with van der Waals surface area (Å²) in [5.41, 5.74) is 0. The first kappa shape index (κ1) is 14.9. The predicted octanol–water partition coefficient (Wildman–Crippen LogP) is 1.50. The highest BCUT2D eigenvalue weighted by atomic mass is 32.2. The molecule has 5 nitrogen and oxygen atoms in total. The van der Waals surface area contributed by atoms with Crippen molar-refractivity contribution < 1.29 is 27.1 Å². The molecule has 0 spiro atoms. The van der Waals surface area contributed by atoms with E-state index in [1.165, 1.54) is 0 Å². The highest BCUT2D eigenvalue weighted by molar-refractivity contribution is 7.89. The molecule has 0 radical (unpaired) electrons. The highest BCUT2D eigenvalue weighted by Gasteiger charge is 2.36. The first-order valence-corrected chi connectivity index (χ1v) is 7.50. The minimum Gasteiger partial charge on any atom is -0.481 e. The molecule has 0 saturated heterocycles. The van der Waals surface area contributed by atoms with Gasteiger partial charge in [-0.05, 0) is 31.0 Å². The molecule has 0 amide bonds. The molecule has 0 aromatic heterocycles. The van der Waals surface area contributed by atoms with E-state index in [2.05, 4.69) is 4.72 Å². The van der Waals surface area contributed by atoms with Gasteiger partial charge in [0.2, 0.25) is 10.0 Å². The zero-order valence-electron chi connectivity index (χ0n) is 10.3. The fraction of sp³-hybridized carbons (Fsp3) is 0.417. The normalized spacial score (nSPS) is 22.9. The number of nitrogens with one attached hydrogen (secondary N) is 1. The molecule has 0 heterocycles. The number of benzene rings is 1. The number of carboxylic acid groups (broad SMARTS) is 1. The number of sulfonamides is 1. The average molecular weight is 305 g/mol. The van der Waals surface area contributed by atoms with Gasteiger partial charge >= 0.3 is 5.97 Å². The first-order chi connectivity index (χ1) is 9.31. The van der Waals surface area contributed by atoms with Crippen molar-refractivity contribution in [2.75, 3.05) is 0 Å². The Morgan fingerprint density at radius 1 is 1.30 bits per heavy atom. The Kier molecular flexibility index (Phi) is 4.05. The lowest BCUT2D eigenvalue weighted by Crippen LogP contribution is -2.40. The molecule has 1 aliphatic carbocycles. The van der Waals surface area contributed by atoms with E-state index in [-0.39, 0.29) is 0 Å². The number of aliphatic carboxylic acids is 1. The van der Waals surface area contributed by atoms with Crippen molar-refractivity contribution in [3.05, 3.63) is 29.8 Å². The topological polar surface area (TPSA) is 83.5 Å². The zero-order valence-corrected chi connectivity index (χ0v) is 11.2. The molecule has 8 heteroatoms. The maximum Gasteiger partial charge on any atom is 0.308 e. The molecule has 1 fully saturated rings. The van der Waals surface area contributed by atoms with Gasteiger partial charge in [0.25, 0.3) is 0 Å². The lowest BCUT2D eigenvalue weighted by atomic mass is 10.1. The summed E-state index contributed by atoms with van der Waals surface area (Å²) in [6, 6.07) is 1.29. The van der Waals surface area contributed by atoms with Crippen LogP contribution in [0.15, 0.2) is 23.1 Å². The summed E-state index contributed by atoms with van der Waals surface area (Å²) < 4.78 is 52.7. The largest absolute Gasteiger partial charge is 0.481 e. The van der Waals surface area contributed by atoms with Crippen molar-refractivity contribution in [2.24, 2.45) is 5.92 Å². The molecule has 0 bridgehead atoms. The summed E-state index contributed by atoms with van der Waals surface area (Å²) in [5.74, 6) is -3.91. The van der Waals surface area contributed by atoms with Crippen LogP contribution in [0.4, 0.5) is 8.78 Å². The van der Waals surface area contributed by atoms with Gasteiger partial charge in [0.15, 0.2) is 0 Å². The summed E-state index contributed by atoms with van der Waals surface area (Å²) in [7, 11) is -4.29. The van der Waals surface area contributed by atoms with E-state index in [1.54, 1.807) is 0 Å². The van der Waals surface area contributed by atoms with Gasteiger partial charge in [0, 0.05) is 6.04 Å². The second-order valence-corrected chi connectivity index (χ2v) is 6.36. The van der Waals surface area contributed by atoms with Gasteiger partial charge in [-0.1, -0.05) is 6.42 Å². The molecule has 110 valence electrons. The SMILES string of the molecule is O=C(O)C1CCCC1NS(=O)(=O)c1cc(F)ccc1F. The molecule has 20 heavy (non-hydrogen) atoms. The molecule has 1 aromatic carbocycles. The molecule has 0 aliphatic heterocycles. The first-order valence-electron chi connectivity index (χ1n) is 6.01. The Hall–Kier alpha value is -1.54. The number of halogens is 2. The van der Waals surface area contributed by atoms with E-state index in [0.717, 1.165) is 6.07 Å². The van der Waals surface area contributed by atoms with Crippen LogP contribution >= 0.6 is 0 Å². The third-order valence-electron chi connectivity index (χ3n) is 3.32. The minimum atomic E-state index is -4.29. The molecule has 1 aliphatic rings. The van der Waals surface area contributed by atoms with Crippen LogP contribution in [0, 0.1) is 17.6 Å². The predicted molar refractivity (Wildman–Crippen MR) is 65.4 cm³/mol. The van der Waals surface area contributed by atoms with Crippen LogP contribution in [-0.4, -0.2) is 25.5 Å². The van der Waals surface area contributed by atoms with E-state index in [4.69, 9.17) is 5.11 Å². The van der Waals surface area contributed by atoms with Crippen LogP contribution in [0.2, 0.25) is 0 Å². The Bertz CT molecular complexity index is 632. The fourth-order valence-corrected chi connectivity index (χ4v) is 3.74. The Balaban J connectivity index is 2.27. The van der Waals surface area contributed by atoms with Gasteiger partial charge in [-0.2, -0.15) is 0 Å². The molecular weight excluding hydrogens is 292 g/mol. The van der Waals surface area contributed by atoms with Crippen molar-refractivity contribution in [3.63, 3.8) is 0 Å². The highest BCUT2D eigenvalue weighted by Crippen LogP contribution is 2.27.